The molecule has 0 aliphatic carbocycles. The molecule has 0 aromatic heterocycles. The molecule has 3 rings (SSSR count). The van der Waals surface area contributed by atoms with Crippen molar-refractivity contribution in [3.8, 4) is 0 Å². The molecular weight excluding hydrogens is 354 g/mol. The molecule has 1 aromatic rings. The molecule has 0 spiro atoms. The van der Waals surface area contributed by atoms with Crippen molar-refractivity contribution in [1.29, 1.82) is 0 Å². The lowest BCUT2D eigenvalue weighted by molar-refractivity contribution is -0.161. The predicted octanol–water partition coefficient (Wildman–Crippen LogP) is 3.67. The Morgan fingerprint density at radius 3 is 2.73 bits per heavy atom. The van der Waals surface area contributed by atoms with Gasteiger partial charge in [0.25, 0.3) is 0 Å². The predicted molar refractivity (Wildman–Crippen MR) is 98.8 cm³/mol. The lowest BCUT2D eigenvalue weighted by atomic mass is 9.75. The van der Waals surface area contributed by atoms with Crippen LogP contribution in [0.25, 0.3) is 0 Å². The minimum Gasteiger partial charge on any atom is -0.461 e. The van der Waals surface area contributed by atoms with E-state index < -0.39 is 5.54 Å². The normalized spacial score (nSPS) is 25.4. The molecule has 5 nitrogen and oxygen atoms in total. The number of hydrogen-bond acceptors (Lipinski definition) is 5. The summed E-state index contributed by atoms with van der Waals surface area (Å²) in [6.07, 6.45) is 0.193. The standard InChI is InChI=1S/C20H24ClNO4/c1-5-22-16-11-25-18(23)17(16)14(13-8-6-7-9-15(13)21)10-20(22,4)19(24)26-12(2)3/h6-9,12,14H,5,10-11H2,1-4H3. The smallest absolute Gasteiger partial charge is 0.336 e. The quantitative estimate of drug-likeness (QED) is 0.749. The van der Waals surface area contributed by atoms with Gasteiger partial charge in [-0.05, 0) is 45.7 Å². The first-order chi connectivity index (χ1) is 12.3. The first-order valence-corrected chi connectivity index (χ1v) is 9.30. The van der Waals surface area contributed by atoms with Gasteiger partial charge in [0.2, 0.25) is 0 Å². The van der Waals surface area contributed by atoms with Crippen LogP contribution in [0.3, 0.4) is 0 Å². The molecule has 0 bridgehead atoms. The molecule has 0 radical (unpaired) electrons. The molecule has 2 heterocycles. The van der Waals surface area contributed by atoms with Gasteiger partial charge >= 0.3 is 11.9 Å². The summed E-state index contributed by atoms with van der Waals surface area (Å²) in [6, 6.07) is 7.44. The van der Waals surface area contributed by atoms with Gasteiger partial charge in [-0.1, -0.05) is 29.8 Å². The van der Waals surface area contributed by atoms with Crippen molar-refractivity contribution in [3.05, 3.63) is 46.1 Å². The van der Waals surface area contributed by atoms with Crippen LogP contribution in [-0.2, 0) is 19.1 Å². The number of likely N-dealkylation sites (N-methyl/N-ethyl adjacent to an activating group) is 1. The number of benzene rings is 1. The zero-order chi connectivity index (χ0) is 19.1. The lowest BCUT2D eigenvalue weighted by Crippen LogP contribution is -2.56. The summed E-state index contributed by atoms with van der Waals surface area (Å²) in [7, 11) is 0. The second-order valence-corrected chi connectivity index (χ2v) is 7.59. The van der Waals surface area contributed by atoms with Crippen LogP contribution in [-0.4, -0.2) is 41.6 Å². The number of ether oxygens (including phenoxy) is 2. The van der Waals surface area contributed by atoms with Gasteiger partial charge in [-0.25, -0.2) is 9.59 Å². The van der Waals surface area contributed by atoms with Crippen LogP contribution in [0, 0.1) is 0 Å². The highest BCUT2D eigenvalue weighted by Gasteiger charge is 2.52. The number of hydrogen-bond donors (Lipinski definition) is 0. The summed E-state index contributed by atoms with van der Waals surface area (Å²) < 4.78 is 10.9. The fourth-order valence-corrected chi connectivity index (χ4v) is 4.25. The summed E-state index contributed by atoms with van der Waals surface area (Å²) in [5.41, 5.74) is 1.31. The van der Waals surface area contributed by atoms with E-state index in [9.17, 15) is 9.59 Å². The number of carbonyl (C=O) groups is 2. The van der Waals surface area contributed by atoms with E-state index in [-0.39, 0.29) is 30.6 Å². The Kier molecular flexibility index (Phi) is 5.02. The van der Waals surface area contributed by atoms with Gasteiger partial charge in [0.05, 0.1) is 17.4 Å². The second kappa shape index (κ2) is 6.95. The zero-order valence-electron chi connectivity index (χ0n) is 15.5. The van der Waals surface area contributed by atoms with E-state index in [1.807, 2.05) is 50.8 Å². The Morgan fingerprint density at radius 1 is 1.42 bits per heavy atom. The number of rotatable bonds is 4. The summed E-state index contributed by atoms with van der Waals surface area (Å²) >= 11 is 6.42. The monoisotopic (exact) mass is 377 g/mol. The third-order valence-electron chi connectivity index (χ3n) is 5.12. The molecule has 6 heteroatoms. The van der Waals surface area contributed by atoms with E-state index >= 15 is 0 Å². The van der Waals surface area contributed by atoms with Crippen LogP contribution in [0.1, 0.15) is 45.6 Å². The van der Waals surface area contributed by atoms with E-state index in [4.69, 9.17) is 21.1 Å². The summed E-state index contributed by atoms with van der Waals surface area (Å²) in [6.45, 7) is 8.25. The van der Waals surface area contributed by atoms with E-state index in [1.54, 1.807) is 6.07 Å². The van der Waals surface area contributed by atoms with Crippen molar-refractivity contribution in [1.82, 2.24) is 4.90 Å². The topological polar surface area (TPSA) is 55.8 Å². The van der Waals surface area contributed by atoms with Crippen LogP contribution in [0.5, 0.6) is 0 Å². The highest BCUT2D eigenvalue weighted by atomic mass is 35.5. The van der Waals surface area contributed by atoms with Crippen molar-refractivity contribution in [2.45, 2.75) is 51.7 Å². The molecule has 2 atom stereocenters. The molecule has 2 aliphatic heterocycles. The van der Waals surface area contributed by atoms with Gasteiger partial charge in [0, 0.05) is 17.5 Å². The van der Waals surface area contributed by atoms with Crippen molar-refractivity contribution >= 4 is 23.5 Å². The molecule has 2 unspecified atom stereocenters. The lowest BCUT2D eigenvalue weighted by Gasteiger charge is -2.46. The minimum absolute atomic E-state index is 0.174. The maximum absolute atomic E-state index is 13.0. The molecule has 1 aromatic carbocycles. The van der Waals surface area contributed by atoms with E-state index in [2.05, 4.69) is 0 Å². The van der Waals surface area contributed by atoms with Crippen LogP contribution in [0.4, 0.5) is 0 Å². The maximum atomic E-state index is 13.0. The third kappa shape index (κ3) is 2.98. The SMILES string of the molecule is CCN1C2=C(C(=O)OC2)C(c2ccccc2Cl)CC1(C)C(=O)OC(C)C. The average molecular weight is 378 g/mol. The van der Waals surface area contributed by atoms with Gasteiger partial charge in [-0.15, -0.1) is 0 Å². The Labute approximate surface area is 158 Å². The Morgan fingerprint density at radius 2 is 2.12 bits per heavy atom. The molecule has 0 saturated carbocycles. The van der Waals surface area contributed by atoms with Crippen molar-refractivity contribution in [2.75, 3.05) is 13.2 Å². The average Bonchev–Trinajstić information content (AvgIpc) is 2.96. The van der Waals surface area contributed by atoms with Crippen LogP contribution < -0.4 is 0 Å². The Bertz CT molecular complexity index is 773. The van der Waals surface area contributed by atoms with E-state index in [0.717, 1.165) is 11.3 Å². The number of esters is 2. The summed E-state index contributed by atoms with van der Waals surface area (Å²) in [5, 5.41) is 0.577. The minimum atomic E-state index is -0.893. The van der Waals surface area contributed by atoms with Crippen molar-refractivity contribution in [3.63, 3.8) is 0 Å². The number of nitrogens with zero attached hydrogens (tertiary/aromatic N) is 1. The number of halogens is 1. The summed E-state index contributed by atoms with van der Waals surface area (Å²) in [4.78, 5) is 27.4. The van der Waals surface area contributed by atoms with Gasteiger partial charge in [-0.3, -0.25) is 0 Å². The molecule has 0 amide bonds. The Balaban J connectivity index is 2.13. The maximum Gasteiger partial charge on any atom is 0.336 e. The second-order valence-electron chi connectivity index (χ2n) is 7.19. The van der Waals surface area contributed by atoms with Gasteiger partial charge in [-0.2, -0.15) is 0 Å². The number of carbonyl (C=O) groups excluding carboxylic acids is 2. The van der Waals surface area contributed by atoms with Gasteiger partial charge in [0.1, 0.15) is 12.1 Å². The first-order valence-electron chi connectivity index (χ1n) is 8.93. The molecule has 140 valence electrons. The van der Waals surface area contributed by atoms with Crippen molar-refractivity contribution in [2.24, 2.45) is 0 Å². The molecular formula is C20H24ClNO4. The third-order valence-corrected chi connectivity index (χ3v) is 5.47. The zero-order valence-corrected chi connectivity index (χ0v) is 16.3. The Hall–Kier alpha value is -2.01. The van der Waals surface area contributed by atoms with Crippen LogP contribution >= 0.6 is 11.6 Å². The van der Waals surface area contributed by atoms with Crippen molar-refractivity contribution < 1.29 is 19.1 Å². The molecule has 0 saturated heterocycles. The molecule has 0 N–H and O–H groups in total. The van der Waals surface area contributed by atoms with E-state index in [0.29, 0.717) is 23.6 Å². The fraction of sp³-hybridized carbons (Fsp3) is 0.500. The number of cyclic esters (lactones) is 1. The van der Waals surface area contributed by atoms with Crippen LogP contribution in [0.15, 0.2) is 35.5 Å². The fourth-order valence-electron chi connectivity index (χ4n) is 3.98. The largest absolute Gasteiger partial charge is 0.461 e. The highest BCUT2D eigenvalue weighted by Crippen LogP contribution is 2.48. The van der Waals surface area contributed by atoms with Gasteiger partial charge < -0.3 is 14.4 Å². The van der Waals surface area contributed by atoms with E-state index in [1.165, 1.54) is 0 Å². The van der Waals surface area contributed by atoms with Gasteiger partial charge in [0.15, 0.2) is 0 Å². The highest BCUT2D eigenvalue weighted by molar-refractivity contribution is 6.31. The molecule has 26 heavy (non-hydrogen) atoms. The van der Waals surface area contributed by atoms with Crippen LogP contribution in [0.2, 0.25) is 5.02 Å². The first kappa shape index (κ1) is 18.8. The molecule has 0 fully saturated rings. The summed E-state index contributed by atoms with van der Waals surface area (Å²) in [5.74, 6) is -0.929. The molecule has 2 aliphatic rings.